The predicted molar refractivity (Wildman–Crippen MR) is 100 cm³/mol. The highest BCUT2D eigenvalue weighted by Gasteiger charge is 2.31. The Morgan fingerprint density at radius 3 is 3.04 bits per heavy atom. The van der Waals surface area contributed by atoms with Gasteiger partial charge in [-0.05, 0) is 23.3 Å². The van der Waals surface area contributed by atoms with Crippen LogP contribution in [0.15, 0.2) is 54.4 Å². The van der Waals surface area contributed by atoms with Gasteiger partial charge < -0.3 is 5.32 Å². The number of benzene rings is 1. The van der Waals surface area contributed by atoms with Crippen LogP contribution in [0.3, 0.4) is 0 Å². The summed E-state index contributed by atoms with van der Waals surface area (Å²) in [5.74, 6) is 0.777. The topological polar surface area (TPSA) is 72.7 Å². The van der Waals surface area contributed by atoms with Crippen LogP contribution >= 0.6 is 11.3 Å². The summed E-state index contributed by atoms with van der Waals surface area (Å²) in [6.45, 7) is 0.570. The van der Waals surface area contributed by atoms with Crippen LogP contribution in [0.4, 0.5) is 5.82 Å². The van der Waals surface area contributed by atoms with E-state index >= 15 is 0 Å². The van der Waals surface area contributed by atoms with Gasteiger partial charge in [0.15, 0.2) is 0 Å². The smallest absolute Gasteiger partial charge is 0.226 e. The second-order valence-electron chi connectivity index (χ2n) is 6.32. The molecule has 1 unspecified atom stereocenters. The zero-order valence-corrected chi connectivity index (χ0v) is 14.6. The Kier molecular flexibility index (Phi) is 3.53. The number of thiazole rings is 1. The molecule has 3 aromatic heterocycles. The molecule has 0 fully saturated rings. The monoisotopic (exact) mass is 361 g/mol. The summed E-state index contributed by atoms with van der Waals surface area (Å²) in [5, 5.41) is 7.53. The summed E-state index contributed by atoms with van der Waals surface area (Å²) in [4.78, 5) is 21.0. The maximum atomic E-state index is 12.4. The zero-order valence-electron chi connectivity index (χ0n) is 13.8. The normalized spacial score (nSPS) is 16.5. The molecule has 5 rings (SSSR count). The average Bonchev–Trinajstić information content (AvgIpc) is 3.29. The lowest BCUT2D eigenvalue weighted by Crippen LogP contribution is -2.25. The summed E-state index contributed by atoms with van der Waals surface area (Å²) in [6.07, 6.45) is 5.85. The van der Waals surface area contributed by atoms with Gasteiger partial charge in [0.1, 0.15) is 5.82 Å². The highest BCUT2D eigenvalue weighted by Crippen LogP contribution is 2.40. The number of aromatic nitrogens is 4. The van der Waals surface area contributed by atoms with E-state index in [-0.39, 0.29) is 11.8 Å². The number of fused-ring (bicyclic) bond motifs is 2. The third kappa shape index (κ3) is 2.48. The van der Waals surface area contributed by atoms with Crippen LogP contribution in [-0.4, -0.2) is 25.7 Å². The zero-order chi connectivity index (χ0) is 17.5. The van der Waals surface area contributed by atoms with E-state index in [1.165, 1.54) is 0 Å². The lowest BCUT2D eigenvalue weighted by molar-refractivity contribution is -0.116. The first kappa shape index (κ1) is 15.2. The summed E-state index contributed by atoms with van der Waals surface area (Å²) >= 11 is 1.61. The van der Waals surface area contributed by atoms with Gasteiger partial charge in [0.2, 0.25) is 5.91 Å². The van der Waals surface area contributed by atoms with E-state index in [0.717, 1.165) is 32.7 Å². The van der Waals surface area contributed by atoms with Crippen molar-refractivity contribution in [2.24, 2.45) is 0 Å². The van der Waals surface area contributed by atoms with Gasteiger partial charge in [-0.2, -0.15) is 5.10 Å². The van der Waals surface area contributed by atoms with Crippen molar-refractivity contribution in [3.05, 3.63) is 71.1 Å². The van der Waals surface area contributed by atoms with Crippen LogP contribution in [0.1, 0.15) is 29.0 Å². The molecule has 4 heterocycles. The molecule has 1 aliphatic rings. The van der Waals surface area contributed by atoms with E-state index in [2.05, 4.69) is 26.4 Å². The van der Waals surface area contributed by atoms with Crippen LogP contribution in [-0.2, 0) is 11.3 Å². The van der Waals surface area contributed by atoms with Crippen molar-refractivity contribution >= 4 is 33.3 Å². The van der Waals surface area contributed by atoms with Gasteiger partial charge in [-0.25, -0.2) is 9.67 Å². The van der Waals surface area contributed by atoms with Crippen molar-refractivity contribution < 1.29 is 4.79 Å². The van der Waals surface area contributed by atoms with Crippen molar-refractivity contribution in [1.82, 2.24) is 19.7 Å². The number of amides is 1. The number of hydrogen-bond acceptors (Lipinski definition) is 5. The van der Waals surface area contributed by atoms with E-state index in [1.54, 1.807) is 17.5 Å². The van der Waals surface area contributed by atoms with Crippen LogP contribution in [0.5, 0.6) is 0 Å². The van der Waals surface area contributed by atoms with Gasteiger partial charge >= 0.3 is 0 Å². The van der Waals surface area contributed by atoms with E-state index < -0.39 is 0 Å². The Bertz CT molecular complexity index is 1100. The number of nitrogens with zero attached hydrogens (tertiary/aromatic N) is 4. The van der Waals surface area contributed by atoms with Gasteiger partial charge in [0, 0.05) is 30.3 Å². The molecule has 1 N–H and O–H groups in total. The minimum absolute atomic E-state index is 0.00875. The maximum Gasteiger partial charge on any atom is 0.226 e. The van der Waals surface area contributed by atoms with Crippen molar-refractivity contribution in [2.45, 2.75) is 18.9 Å². The number of carbonyl (C=O) groups excluding carboxylic acids is 1. The van der Waals surface area contributed by atoms with Crippen molar-refractivity contribution in [3.8, 4) is 0 Å². The van der Waals surface area contributed by atoms with Crippen LogP contribution in [0.25, 0.3) is 10.2 Å². The molecule has 0 radical (unpaired) electrons. The second-order valence-corrected chi connectivity index (χ2v) is 7.17. The minimum Gasteiger partial charge on any atom is -0.311 e. The highest BCUT2D eigenvalue weighted by atomic mass is 32.1. The first-order chi connectivity index (χ1) is 12.8. The van der Waals surface area contributed by atoms with E-state index in [4.69, 9.17) is 0 Å². The van der Waals surface area contributed by atoms with E-state index in [1.807, 2.05) is 46.9 Å². The van der Waals surface area contributed by atoms with Crippen LogP contribution in [0.2, 0.25) is 0 Å². The molecule has 1 aromatic carbocycles. The largest absolute Gasteiger partial charge is 0.311 e. The molecular formula is C19H15N5OS. The summed E-state index contributed by atoms with van der Waals surface area (Å²) in [5.41, 5.74) is 6.06. The average molecular weight is 361 g/mol. The Labute approximate surface area is 153 Å². The number of carbonyl (C=O) groups is 1. The van der Waals surface area contributed by atoms with Gasteiger partial charge in [-0.15, -0.1) is 11.3 Å². The Balaban J connectivity index is 1.59. The Morgan fingerprint density at radius 2 is 2.15 bits per heavy atom. The first-order valence-corrected chi connectivity index (χ1v) is 9.24. The highest BCUT2D eigenvalue weighted by molar-refractivity contribution is 7.17. The predicted octanol–water partition coefficient (Wildman–Crippen LogP) is 3.41. The van der Waals surface area contributed by atoms with Crippen molar-refractivity contribution in [1.29, 1.82) is 0 Å². The minimum atomic E-state index is -0.00875. The maximum absolute atomic E-state index is 12.4. The molecule has 4 aromatic rings. The molecule has 1 amide bonds. The number of rotatable bonds is 3. The number of anilines is 1. The number of pyridine rings is 1. The van der Waals surface area contributed by atoms with E-state index in [0.29, 0.717) is 13.0 Å². The standard InChI is InChI=1S/C19H15N5OS/c25-17-7-14(13-4-1-5-16-18(13)26-11-21-16)15-9-22-24(19(15)23-17)10-12-3-2-6-20-8-12/h1-6,8-9,11,14H,7,10H2,(H,23,25). The summed E-state index contributed by atoms with van der Waals surface area (Å²) in [6, 6.07) is 10.00. The molecule has 1 atom stereocenters. The number of nitrogens with one attached hydrogen (secondary N) is 1. The molecule has 0 saturated carbocycles. The molecule has 1 aliphatic heterocycles. The third-order valence-electron chi connectivity index (χ3n) is 4.71. The Hall–Kier alpha value is -3.06. The van der Waals surface area contributed by atoms with Gasteiger partial charge in [-0.1, -0.05) is 18.2 Å². The summed E-state index contributed by atoms with van der Waals surface area (Å²) < 4.78 is 2.97. The quantitative estimate of drug-likeness (QED) is 0.607. The summed E-state index contributed by atoms with van der Waals surface area (Å²) in [7, 11) is 0. The third-order valence-corrected chi connectivity index (χ3v) is 5.60. The fourth-order valence-corrected chi connectivity index (χ4v) is 4.37. The van der Waals surface area contributed by atoms with Gasteiger partial charge in [0.05, 0.1) is 28.5 Å². The van der Waals surface area contributed by atoms with Gasteiger partial charge in [0.25, 0.3) is 0 Å². The molecule has 128 valence electrons. The molecule has 0 aliphatic carbocycles. The lowest BCUT2D eigenvalue weighted by Gasteiger charge is -2.24. The fourth-order valence-electron chi connectivity index (χ4n) is 3.51. The first-order valence-electron chi connectivity index (χ1n) is 8.36. The molecule has 26 heavy (non-hydrogen) atoms. The van der Waals surface area contributed by atoms with Crippen LogP contribution in [0, 0.1) is 0 Å². The Morgan fingerprint density at radius 1 is 1.19 bits per heavy atom. The van der Waals surface area contributed by atoms with Gasteiger partial charge in [-0.3, -0.25) is 9.78 Å². The molecule has 7 heteroatoms. The van der Waals surface area contributed by atoms with E-state index in [9.17, 15) is 4.79 Å². The molecular weight excluding hydrogens is 346 g/mol. The lowest BCUT2D eigenvalue weighted by atomic mass is 9.87. The molecule has 0 saturated heterocycles. The fraction of sp³-hybridized carbons (Fsp3) is 0.158. The van der Waals surface area contributed by atoms with Crippen molar-refractivity contribution in [3.63, 3.8) is 0 Å². The molecule has 6 nitrogen and oxygen atoms in total. The molecule has 0 bridgehead atoms. The number of hydrogen-bond donors (Lipinski definition) is 1. The SMILES string of the molecule is O=C1CC(c2cccc3ncsc23)c2cnn(Cc3cccnc3)c2N1. The molecule has 0 spiro atoms. The van der Waals surface area contributed by atoms with Crippen LogP contribution < -0.4 is 5.32 Å². The second kappa shape index (κ2) is 6.03. The van der Waals surface area contributed by atoms with Crippen molar-refractivity contribution in [2.75, 3.05) is 5.32 Å².